The molecule has 4 rings (SSSR count). The summed E-state index contributed by atoms with van der Waals surface area (Å²) in [6.45, 7) is 4.64. The molecule has 0 radical (unpaired) electrons. The minimum Gasteiger partial charge on any atom is -0.494 e. The minimum absolute atomic E-state index is 0.132. The molecule has 0 unspecified atom stereocenters. The number of aromatic nitrogens is 3. The lowest BCUT2D eigenvalue weighted by Crippen LogP contribution is -2.35. The molecule has 1 amide bonds. The number of nitrogens with one attached hydrogen (secondary N) is 1. The van der Waals surface area contributed by atoms with Crippen LogP contribution in [0.2, 0.25) is 0 Å². The normalized spacial score (nSPS) is 11.0. The number of hydrogen-bond acceptors (Lipinski definition) is 6. The highest BCUT2D eigenvalue weighted by molar-refractivity contribution is 5.89. The topological polar surface area (TPSA) is 97.4 Å². The number of carbonyl (C=O) groups is 1. The van der Waals surface area contributed by atoms with Crippen LogP contribution in [-0.2, 0) is 11.3 Å². The SMILES string of the molecule is COc1cnccc1-c1ccc2nc(N(CCC(C)C)C(=O)OCc3ccccc3)[nH]c(=O)c2c1. The third kappa shape index (κ3) is 5.66. The van der Waals surface area contributed by atoms with Gasteiger partial charge >= 0.3 is 6.09 Å². The van der Waals surface area contributed by atoms with Gasteiger partial charge in [-0.2, -0.15) is 0 Å². The van der Waals surface area contributed by atoms with Gasteiger partial charge < -0.3 is 9.47 Å². The zero-order valence-electron chi connectivity index (χ0n) is 20.0. The van der Waals surface area contributed by atoms with E-state index in [4.69, 9.17) is 9.47 Å². The third-order valence-corrected chi connectivity index (χ3v) is 5.62. The number of hydrogen-bond donors (Lipinski definition) is 1. The number of pyridine rings is 1. The summed E-state index contributed by atoms with van der Waals surface area (Å²) in [4.78, 5) is 38.9. The Bertz CT molecular complexity index is 1370. The molecule has 0 aliphatic heterocycles. The van der Waals surface area contributed by atoms with Gasteiger partial charge in [0.1, 0.15) is 12.4 Å². The van der Waals surface area contributed by atoms with Crippen LogP contribution < -0.4 is 15.2 Å². The summed E-state index contributed by atoms with van der Waals surface area (Å²) < 4.78 is 10.9. The highest BCUT2D eigenvalue weighted by Gasteiger charge is 2.21. The number of amides is 1. The highest BCUT2D eigenvalue weighted by Crippen LogP contribution is 2.30. The van der Waals surface area contributed by atoms with Crippen LogP contribution in [0.1, 0.15) is 25.8 Å². The summed E-state index contributed by atoms with van der Waals surface area (Å²) in [6, 6.07) is 16.7. The maximum atomic E-state index is 13.1. The maximum Gasteiger partial charge on any atom is 0.416 e. The van der Waals surface area contributed by atoms with Crippen molar-refractivity contribution < 1.29 is 14.3 Å². The Morgan fingerprint density at radius 3 is 2.66 bits per heavy atom. The van der Waals surface area contributed by atoms with Crippen LogP contribution in [0.15, 0.2) is 71.8 Å². The van der Waals surface area contributed by atoms with Crippen LogP contribution in [0, 0.1) is 5.92 Å². The summed E-state index contributed by atoms with van der Waals surface area (Å²) in [6.07, 6.45) is 3.46. The zero-order chi connectivity index (χ0) is 24.8. The van der Waals surface area contributed by atoms with E-state index in [0.717, 1.165) is 23.1 Å². The molecule has 2 aromatic carbocycles. The molecule has 0 atom stereocenters. The highest BCUT2D eigenvalue weighted by atomic mass is 16.6. The number of benzene rings is 2. The lowest BCUT2D eigenvalue weighted by atomic mass is 10.0. The second-order valence-corrected chi connectivity index (χ2v) is 8.57. The van der Waals surface area contributed by atoms with Crippen molar-refractivity contribution in [2.45, 2.75) is 26.9 Å². The molecule has 1 N–H and O–H groups in total. The first-order valence-corrected chi connectivity index (χ1v) is 11.5. The van der Waals surface area contributed by atoms with E-state index < -0.39 is 6.09 Å². The fourth-order valence-corrected chi connectivity index (χ4v) is 3.67. The third-order valence-electron chi connectivity index (χ3n) is 5.62. The Kier molecular flexibility index (Phi) is 7.40. The maximum absolute atomic E-state index is 13.1. The van der Waals surface area contributed by atoms with Gasteiger partial charge in [0.05, 0.1) is 24.2 Å². The summed E-state index contributed by atoms with van der Waals surface area (Å²) in [5, 5.41) is 0.409. The smallest absolute Gasteiger partial charge is 0.416 e. The number of carbonyl (C=O) groups excluding carboxylic acids is 1. The Hall–Kier alpha value is -4.20. The zero-order valence-corrected chi connectivity index (χ0v) is 20.0. The molecule has 0 saturated carbocycles. The average Bonchev–Trinajstić information content (AvgIpc) is 2.88. The predicted octanol–water partition coefficient (Wildman–Crippen LogP) is 5.18. The molecular weight excluding hydrogens is 444 g/mol. The van der Waals surface area contributed by atoms with Crippen LogP contribution in [-0.4, -0.2) is 34.7 Å². The summed E-state index contributed by atoms with van der Waals surface area (Å²) in [5.74, 6) is 1.12. The van der Waals surface area contributed by atoms with Crippen molar-refractivity contribution in [3.8, 4) is 16.9 Å². The molecule has 0 spiro atoms. The standard InChI is InChI=1S/C27H28N4O4/c1-18(2)12-14-31(27(33)35-17-19-7-5-4-6-8-19)26-29-23-10-9-20(15-22(23)25(32)30-26)21-11-13-28-16-24(21)34-3/h4-11,13,15-16,18H,12,14,17H2,1-3H3,(H,29,30,32). The van der Waals surface area contributed by atoms with E-state index in [1.807, 2.05) is 42.5 Å². The van der Waals surface area contributed by atoms with E-state index in [9.17, 15) is 9.59 Å². The van der Waals surface area contributed by atoms with Gasteiger partial charge in [0, 0.05) is 18.3 Å². The number of anilines is 1. The van der Waals surface area contributed by atoms with Gasteiger partial charge in [-0.3, -0.25) is 14.8 Å². The molecule has 2 aromatic heterocycles. The van der Waals surface area contributed by atoms with Crippen molar-refractivity contribution in [2.75, 3.05) is 18.6 Å². The number of H-pyrrole nitrogens is 1. The molecule has 0 aliphatic carbocycles. The molecular formula is C27H28N4O4. The van der Waals surface area contributed by atoms with E-state index in [2.05, 4.69) is 28.8 Å². The molecule has 4 aromatic rings. The molecule has 35 heavy (non-hydrogen) atoms. The van der Waals surface area contributed by atoms with Crippen molar-refractivity contribution in [3.05, 3.63) is 82.9 Å². The van der Waals surface area contributed by atoms with Crippen LogP contribution in [0.4, 0.5) is 10.7 Å². The van der Waals surface area contributed by atoms with Gasteiger partial charge in [0.25, 0.3) is 5.56 Å². The fourth-order valence-electron chi connectivity index (χ4n) is 3.67. The van der Waals surface area contributed by atoms with E-state index in [1.165, 1.54) is 4.90 Å². The Morgan fingerprint density at radius 2 is 1.91 bits per heavy atom. The summed E-state index contributed by atoms with van der Waals surface area (Å²) in [7, 11) is 1.57. The first-order valence-electron chi connectivity index (χ1n) is 11.5. The van der Waals surface area contributed by atoms with Gasteiger partial charge in [-0.15, -0.1) is 0 Å². The molecule has 180 valence electrons. The summed E-state index contributed by atoms with van der Waals surface area (Å²) >= 11 is 0. The average molecular weight is 473 g/mol. The van der Waals surface area contributed by atoms with E-state index in [0.29, 0.717) is 29.1 Å². The first-order chi connectivity index (χ1) is 17.0. The number of aromatic amines is 1. The number of ether oxygens (including phenoxy) is 2. The van der Waals surface area contributed by atoms with E-state index >= 15 is 0 Å². The monoisotopic (exact) mass is 472 g/mol. The van der Waals surface area contributed by atoms with E-state index in [1.54, 1.807) is 31.6 Å². The van der Waals surface area contributed by atoms with Crippen molar-refractivity contribution in [1.29, 1.82) is 0 Å². The first kappa shape index (κ1) is 23.9. The second-order valence-electron chi connectivity index (χ2n) is 8.57. The van der Waals surface area contributed by atoms with Gasteiger partial charge in [-0.1, -0.05) is 50.2 Å². The van der Waals surface area contributed by atoms with Crippen molar-refractivity contribution in [3.63, 3.8) is 0 Å². The molecule has 0 aliphatic rings. The lowest BCUT2D eigenvalue weighted by molar-refractivity contribution is 0.146. The van der Waals surface area contributed by atoms with Crippen LogP contribution in [0.5, 0.6) is 5.75 Å². The molecule has 0 bridgehead atoms. The molecule has 0 saturated heterocycles. The number of nitrogens with zero attached hydrogens (tertiary/aromatic N) is 3. The van der Waals surface area contributed by atoms with Gasteiger partial charge in [-0.25, -0.2) is 14.7 Å². The van der Waals surface area contributed by atoms with Gasteiger partial charge in [0.2, 0.25) is 5.95 Å². The van der Waals surface area contributed by atoms with Crippen molar-refractivity contribution in [1.82, 2.24) is 15.0 Å². The lowest BCUT2D eigenvalue weighted by Gasteiger charge is -2.22. The van der Waals surface area contributed by atoms with Gasteiger partial charge in [-0.05, 0) is 41.7 Å². The van der Waals surface area contributed by atoms with Crippen molar-refractivity contribution in [2.24, 2.45) is 5.92 Å². The fraction of sp³-hybridized carbons (Fsp3) is 0.259. The molecule has 0 fully saturated rings. The number of rotatable bonds is 8. The van der Waals surface area contributed by atoms with Crippen molar-refractivity contribution >= 4 is 22.9 Å². The van der Waals surface area contributed by atoms with Crippen LogP contribution >= 0.6 is 0 Å². The van der Waals surface area contributed by atoms with E-state index in [-0.39, 0.29) is 18.1 Å². The Balaban J connectivity index is 1.66. The predicted molar refractivity (Wildman–Crippen MR) is 136 cm³/mol. The number of methoxy groups -OCH3 is 1. The molecule has 8 heteroatoms. The Labute approximate surface area is 203 Å². The quantitative estimate of drug-likeness (QED) is 0.379. The minimum atomic E-state index is -0.560. The molecule has 2 heterocycles. The van der Waals surface area contributed by atoms with Gasteiger partial charge in [0.15, 0.2) is 0 Å². The second kappa shape index (κ2) is 10.8. The van der Waals surface area contributed by atoms with Crippen LogP contribution in [0.3, 0.4) is 0 Å². The summed E-state index contributed by atoms with van der Waals surface area (Å²) in [5.41, 5.74) is 2.63. The van der Waals surface area contributed by atoms with Crippen LogP contribution in [0.25, 0.3) is 22.0 Å². The largest absolute Gasteiger partial charge is 0.494 e. The number of fused-ring (bicyclic) bond motifs is 1. The Morgan fingerprint density at radius 1 is 1.11 bits per heavy atom. The molecule has 8 nitrogen and oxygen atoms in total.